The van der Waals surface area contributed by atoms with E-state index in [9.17, 15) is 9.59 Å². The average Bonchev–Trinajstić information content (AvgIpc) is 2.87. The van der Waals surface area contributed by atoms with Gasteiger partial charge in [0.2, 0.25) is 11.8 Å². The highest BCUT2D eigenvalue weighted by Crippen LogP contribution is 2.21. The molecule has 2 unspecified atom stereocenters. The van der Waals surface area contributed by atoms with Gasteiger partial charge in [0.05, 0.1) is 11.5 Å². The number of nitrogens with zero attached hydrogens (tertiary/aromatic N) is 2. The lowest BCUT2D eigenvalue weighted by Gasteiger charge is -2.27. The van der Waals surface area contributed by atoms with Gasteiger partial charge in [-0.3, -0.25) is 9.59 Å². The van der Waals surface area contributed by atoms with Crippen molar-refractivity contribution in [3.8, 4) is 0 Å². The third-order valence-corrected chi connectivity index (χ3v) is 5.94. The van der Waals surface area contributed by atoms with Crippen molar-refractivity contribution < 1.29 is 9.59 Å². The van der Waals surface area contributed by atoms with Gasteiger partial charge in [0, 0.05) is 38.3 Å². The quantitative estimate of drug-likeness (QED) is 0.840. The number of carbonyl (C=O) groups excluding carboxylic acids is 2. The molecule has 0 aliphatic carbocycles. The van der Waals surface area contributed by atoms with E-state index in [1.807, 2.05) is 9.80 Å². The summed E-state index contributed by atoms with van der Waals surface area (Å²) in [6.45, 7) is 3.51. The van der Waals surface area contributed by atoms with Crippen molar-refractivity contribution in [1.82, 2.24) is 15.1 Å². The third kappa shape index (κ3) is 4.16. The summed E-state index contributed by atoms with van der Waals surface area (Å²) < 4.78 is 0. The molecule has 2 amide bonds. The van der Waals surface area contributed by atoms with Crippen LogP contribution in [0.5, 0.6) is 0 Å². The van der Waals surface area contributed by atoms with Crippen LogP contribution in [0.2, 0.25) is 0 Å². The van der Waals surface area contributed by atoms with Crippen molar-refractivity contribution in [3.63, 3.8) is 0 Å². The number of likely N-dealkylation sites (tertiary alicyclic amines) is 2. The van der Waals surface area contributed by atoms with E-state index in [0.717, 1.165) is 45.4 Å². The number of piperidine rings is 1. The van der Waals surface area contributed by atoms with E-state index >= 15 is 0 Å². The van der Waals surface area contributed by atoms with Crippen molar-refractivity contribution in [2.45, 2.75) is 50.6 Å². The Labute approximate surface area is 137 Å². The first kappa shape index (κ1) is 16.1. The molecule has 3 heterocycles. The summed E-state index contributed by atoms with van der Waals surface area (Å²) in [6.07, 6.45) is 7.00. The lowest BCUT2D eigenvalue weighted by Crippen LogP contribution is -2.40. The molecule has 6 heteroatoms. The van der Waals surface area contributed by atoms with Crippen molar-refractivity contribution in [1.29, 1.82) is 0 Å². The van der Waals surface area contributed by atoms with E-state index in [1.54, 1.807) is 0 Å². The van der Waals surface area contributed by atoms with Crippen LogP contribution in [0.4, 0.5) is 0 Å². The summed E-state index contributed by atoms with van der Waals surface area (Å²) >= 11 is 1.48. The van der Waals surface area contributed by atoms with Gasteiger partial charge in [-0.25, -0.2) is 0 Å². The van der Waals surface area contributed by atoms with Gasteiger partial charge in [0.15, 0.2) is 0 Å². The van der Waals surface area contributed by atoms with Gasteiger partial charge in [-0.2, -0.15) is 0 Å². The first-order valence-electron chi connectivity index (χ1n) is 8.62. The minimum absolute atomic E-state index is 0.200. The number of nitrogens with one attached hydrogen (secondary N) is 1. The van der Waals surface area contributed by atoms with Crippen LogP contribution in [0.3, 0.4) is 0 Å². The van der Waals surface area contributed by atoms with E-state index in [4.69, 9.17) is 0 Å². The zero-order valence-electron chi connectivity index (χ0n) is 13.3. The number of rotatable bonds is 4. The van der Waals surface area contributed by atoms with Crippen LogP contribution in [0.25, 0.3) is 0 Å². The van der Waals surface area contributed by atoms with E-state index in [-0.39, 0.29) is 11.8 Å². The second-order valence-electron chi connectivity index (χ2n) is 6.70. The largest absolute Gasteiger partial charge is 0.342 e. The summed E-state index contributed by atoms with van der Waals surface area (Å²) in [6, 6.07) is 1.09. The molecule has 3 rings (SSSR count). The molecule has 3 aliphatic heterocycles. The molecule has 2 atom stereocenters. The van der Waals surface area contributed by atoms with Gasteiger partial charge < -0.3 is 15.1 Å². The van der Waals surface area contributed by atoms with Crippen molar-refractivity contribution in [2.75, 3.05) is 37.7 Å². The summed E-state index contributed by atoms with van der Waals surface area (Å²) in [5.74, 6) is 1.29. The Hall–Kier alpha value is -0.750. The minimum Gasteiger partial charge on any atom is -0.342 e. The zero-order valence-corrected chi connectivity index (χ0v) is 14.1. The SMILES string of the molecule is O=C(CSCC(=O)N1CCC2CCC(C1)N2)N1CCCCC1. The van der Waals surface area contributed by atoms with Crippen LogP contribution in [0.1, 0.15) is 38.5 Å². The second kappa shape index (κ2) is 7.68. The predicted octanol–water partition coefficient (Wildman–Crippen LogP) is 1.08. The molecule has 0 saturated carbocycles. The van der Waals surface area contributed by atoms with Gasteiger partial charge in [-0.1, -0.05) is 0 Å². The highest BCUT2D eigenvalue weighted by molar-refractivity contribution is 8.00. The number of amides is 2. The molecule has 0 radical (unpaired) electrons. The molecule has 3 aliphatic rings. The molecule has 22 heavy (non-hydrogen) atoms. The molecule has 3 fully saturated rings. The molecule has 0 aromatic carbocycles. The van der Waals surface area contributed by atoms with Crippen molar-refractivity contribution >= 4 is 23.6 Å². The molecule has 3 saturated heterocycles. The molecule has 1 N–H and O–H groups in total. The minimum atomic E-state index is 0.200. The fourth-order valence-electron chi connectivity index (χ4n) is 3.72. The second-order valence-corrected chi connectivity index (χ2v) is 7.69. The van der Waals surface area contributed by atoms with Crippen molar-refractivity contribution in [2.24, 2.45) is 0 Å². The monoisotopic (exact) mass is 325 g/mol. The molecule has 0 aromatic rings. The van der Waals surface area contributed by atoms with Crippen LogP contribution in [0.15, 0.2) is 0 Å². The van der Waals surface area contributed by atoms with Gasteiger partial charge >= 0.3 is 0 Å². The van der Waals surface area contributed by atoms with Crippen molar-refractivity contribution in [3.05, 3.63) is 0 Å². The Morgan fingerprint density at radius 2 is 1.55 bits per heavy atom. The smallest absolute Gasteiger partial charge is 0.232 e. The van der Waals surface area contributed by atoms with Gasteiger partial charge in [0.1, 0.15) is 0 Å². The van der Waals surface area contributed by atoms with Gasteiger partial charge in [0.25, 0.3) is 0 Å². The predicted molar refractivity (Wildman–Crippen MR) is 88.9 cm³/mol. The third-order valence-electron chi connectivity index (χ3n) is 5.04. The van der Waals surface area contributed by atoms with Crippen LogP contribution < -0.4 is 5.32 Å². The summed E-state index contributed by atoms with van der Waals surface area (Å²) in [4.78, 5) is 28.4. The maximum atomic E-state index is 12.3. The lowest BCUT2D eigenvalue weighted by atomic mass is 10.1. The molecule has 2 bridgehead atoms. The normalized spacial score (nSPS) is 28.5. The van der Waals surface area contributed by atoms with E-state index < -0.39 is 0 Å². The molecular formula is C16H27N3O2S. The van der Waals surface area contributed by atoms with E-state index in [1.165, 1.54) is 31.0 Å². The summed E-state index contributed by atoms with van der Waals surface area (Å²) in [7, 11) is 0. The van der Waals surface area contributed by atoms with E-state index in [2.05, 4.69) is 5.32 Å². The fraction of sp³-hybridized carbons (Fsp3) is 0.875. The summed E-state index contributed by atoms with van der Waals surface area (Å²) in [5.41, 5.74) is 0. The molecule has 0 spiro atoms. The summed E-state index contributed by atoms with van der Waals surface area (Å²) in [5, 5.41) is 3.59. The zero-order chi connectivity index (χ0) is 15.4. The number of hydrogen-bond donors (Lipinski definition) is 1. The Bertz CT molecular complexity index is 412. The lowest BCUT2D eigenvalue weighted by molar-refractivity contribution is -0.129. The number of hydrogen-bond acceptors (Lipinski definition) is 4. The maximum Gasteiger partial charge on any atom is 0.232 e. The maximum absolute atomic E-state index is 12.3. The standard InChI is InChI=1S/C16H27N3O2S/c20-15(18-7-2-1-3-8-18)11-22-12-16(21)19-9-6-13-4-5-14(10-19)17-13/h13-14,17H,1-12H2. The fourth-order valence-corrected chi connectivity index (χ4v) is 4.54. The molecule has 0 aromatic heterocycles. The van der Waals surface area contributed by atoms with Crippen LogP contribution in [0, 0.1) is 0 Å². The Balaban J connectivity index is 1.37. The molecule has 124 valence electrons. The van der Waals surface area contributed by atoms with Gasteiger partial charge in [-0.15, -0.1) is 11.8 Å². The topological polar surface area (TPSA) is 52.7 Å². The van der Waals surface area contributed by atoms with Crippen LogP contribution in [-0.4, -0.2) is 71.4 Å². The molecule has 5 nitrogen and oxygen atoms in total. The first-order valence-corrected chi connectivity index (χ1v) is 9.77. The number of thioether (sulfide) groups is 1. The van der Waals surface area contributed by atoms with E-state index in [0.29, 0.717) is 23.6 Å². The van der Waals surface area contributed by atoms with Crippen LogP contribution in [-0.2, 0) is 9.59 Å². The average molecular weight is 325 g/mol. The van der Waals surface area contributed by atoms with Gasteiger partial charge in [-0.05, 0) is 38.5 Å². The number of fused-ring (bicyclic) bond motifs is 2. The Morgan fingerprint density at radius 1 is 0.864 bits per heavy atom. The Kier molecular flexibility index (Phi) is 5.63. The van der Waals surface area contributed by atoms with Crippen LogP contribution >= 0.6 is 11.8 Å². The highest BCUT2D eigenvalue weighted by Gasteiger charge is 2.31. The Morgan fingerprint density at radius 3 is 2.32 bits per heavy atom. The highest BCUT2D eigenvalue weighted by atomic mass is 32.2. The molecular weight excluding hydrogens is 298 g/mol. The number of carbonyl (C=O) groups is 2. The first-order chi connectivity index (χ1) is 10.7.